The van der Waals surface area contributed by atoms with Crippen LogP contribution >= 0.6 is 0 Å². The lowest BCUT2D eigenvalue weighted by Gasteiger charge is -2.71. The number of allylic oxidation sites excluding steroid dienone is 4. The fourth-order valence-corrected chi connectivity index (χ4v) is 14.9. The zero-order valence-corrected chi connectivity index (χ0v) is 36.0. The van der Waals surface area contributed by atoms with Gasteiger partial charge in [-0.15, -0.1) is 0 Å². The van der Waals surface area contributed by atoms with E-state index >= 15 is 4.79 Å². The Morgan fingerprint density at radius 1 is 0.867 bits per heavy atom. The Balaban J connectivity index is 1.09. The first-order valence-corrected chi connectivity index (χ1v) is 22.3. The topological polar surface area (TPSA) is 96.3 Å². The molecule has 11 rings (SSSR count). The molecule has 2 N–H and O–H groups in total. The third-order valence-electron chi connectivity index (χ3n) is 18.5. The number of nitrogens with zero attached hydrogens (tertiary/aromatic N) is 1. The van der Waals surface area contributed by atoms with Gasteiger partial charge in [-0.05, 0) is 134 Å². The van der Waals surface area contributed by atoms with Gasteiger partial charge in [-0.2, -0.15) is 13.2 Å². The molecule has 2 spiro atoms. The van der Waals surface area contributed by atoms with Crippen molar-refractivity contribution in [2.24, 2.45) is 56.7 Å². The maximum atomic E-state index is 15.0. The number of hydrogen-bond donors (Lipinski definition) is 2. The highest BCUT2D eigenvalue weighted by Crippen LogP contribution is 2.78. The van der Waals surface area contributed by atoms with Crippen LogP contribution in [0, 0.1) is 56.7 Å². The van der Waals surface area contributed by atoms with Crippen LogP contribution in [-0.4, -0.2) is 65.8 Å². The number of benzene rings is 2. The summed E-state index contributed by atoms with van der Waals surface area (Å²) in [6, 6.07) is 10.3. The van der Waals surface area contributed by atoms with Gasteiger partial charge < -0.3 is 24.6 Å². The quantitative estimate of drug-likeness (QED) is 0.183. The largest absolute Gasteiger partial charge is 0.493 e. The van der Waals surface area contributed by atoms with Gasteiger partial charge in [0.05, 0.1) is 37.9 Å². The smallest absolute Gasteiger partial charge is 0.416 e. The van der Waals surface area contributed by atoms with Gasteiger partial charge in [0, 0.05) is 40.5 Å². The lowest BCUT2D eigenvalue weighted by molar-refractivity contribution is -0.180. The fraction of sp³-hybridized carbons (Fsp3) is 0.640. The van der Waals surface area contributed by atoms with Crippen LogP contribution in [-0.2, 0) is 17.4 Å². The molecule has 0 aliphatic heterocycles. The van der Waals surface area contributed by atoms with Crippen LogP contribution in [0.5, 0.6) is 11.5 Å². The summed E-state index contributed by atoms with van der Waals surface area (Å²) in [4.78, 5) is 31.7. The van der Waals surface area contributed by atoms with Gasteiger partial charge in [-0.3, -0.25) is 9.59 Å². The van der Waals surface area contributed by atoms with Gasteiger partial charge in [0.25, 0.3) is 0 Å². The Kier molecular flexibility index (Phi) is 9.69. The zero-order valence-electron chi connectivity index (χ0n) is 36.0. The van der Waals surface area contributed by atoms with Gasteiger partial charge in [0.2, 0.25) is 5.91 Å². The number of amides is 1. The summed E-state index contributed by atoms with van der Waals surface area (Å²) in [5.41, 5.74) is -3.12. The number of carbonyl (C=O) groups excluding carboxylic acids is 2. The summed E-state index contributed by atoms with van der Waals surface area (Å²) < 4.78 is 53.2. The molecule has 4 bridgehead atoms. The third kappa shape index (κ3) is 5.87. The SMILES string of the molecule is COc1ccc(CC(=O)N(CC2CCC3CC2C3(C)C)CC2(O)CCC3C45C=CC6(C=C4C(=O)c4cccc(C(F)(F)F)c4)CC(O)CCC6(C)C5CCC32C)cc1OC. The Labute approximate surface area is 352 Å². The molecule has 0 aromatic heterocycles. The number of Topliss-reactive ketones (excluding diaryl/α,β-unsaturated/α-hetero) is 1. The number of alkyl halides is 3. The van der Waals surface area contributed by atoms with Gasteiger partial charge >= 0.3 is 6.18 Å². The Morgan fingerprint density at radius 3 is 2.28 bits per heavy atom. The monoisotopic (exact) mass is 829 g/mol. The van der Waals surface area contributed by atoms with E-state index in [1.165, 1.54) is 18.6 Å². The van der Waals surface area contributed by atoms with Crippen LogP contribution in [0.4, 0.5) is 13.2 Å². The van der Waals surface area contributed by atoms with Crippen molar-refractivity contribution in [3.8, 4) is 11.5 Å². The van der Waals surface area contributed by atoms with Gasteiger partial charge in [-0.1, -0.05) is 64.1 Å². The van der Waals surface area contributed by atoms with E-state index in [1.54, 1.807) is 14.2 Å². The number of ether oxygens (including phenoxy) is 2. The summed E-state index contributed by atoms with van der Waals surface area (Å²) in [6.07, 6.45) is 9.05. The van der Waals surface area contributed by atoms with Crippen LogP contribution in [0.25, 0.3) is 0 Å². The second-order valence-corrected chi connectivity index (χ2v) is 21.1. The van der Waals surface area contributed by atoms with Gasteiger partial charge in [-0.25, -0.2) is 0 Å². The Hall–Kier alpha value is -3.63. The summed E-state index contributed by atoms with van der Waals surface area (Å²) in [5.74, 6) is 1.96. The lowest BCUT2D eigenvalue weighted by atomic mass is 9.32. The number of fused-ring (bicyclic) bond motifs is 3. The average Bonchev–Trinajstić information content (AvgIpc) is 3.49. The number of aliphatic hydroxyl groups excluding tert-OH is 1. The van der Waals surface area contributed by atoms with Crippen molar-refractivity contribution in [2.45, 2.75) is 116 Å². The van der Waals surface area contributed by atoms with Gasteiger partial charge in [0.1, 0.15) is 0 Å². The highest BCUT2D eigenvalue weighted by atomic mass is 19.4. The third-order valence-corrected chi connectivity index (χ3v) is 18.5. The standard InChI is InChI=1S/C50H62F3NO6/c1-44(2)33-12-11-32(36(44)25-33)28-54(42(56)23-30-10-13-38(59-5)39(22-30)60-6)29-48(58)19-16-41-46(48,4)18-15-40-45(3)17-14-35(55)26-47(45)20-21-49(40,41)37(27-47)43(57)31-8-7-9-34(24-31)50(51,52)53/h7-10,13,20-22,24,27,32-33,35-36,40-41,55,58H,11-12,14-19,23,25-26,28-29H2,1-6H3. The summed E-state index contributed by atoms with van der Waals surface area (Å²) in [7, 11) is 3.16. The highest BCUT2D eigenvalue weighted by Gasteiger charge is 2.74. The minimum Gasteiger partial charge on any atom is -0.493 e. The van der Waals surface area contributed by atoms with E-state index in [-0.39, 0.29) is 47.1 Å². The minimum atomic E-state index is -4.61. The number of hydrogen-bond acceptors (Lipinski definition) is 6. The van der Waals surface area contributed by atoms with E-state index in [0.717, 1.165) is 37.0 Å². The molecule has 1 amide bonds. The molecule has 0 saturated heterocycles. The van der Waals surface area contributed by atoms with Crippen molar-refractivity contribution in [1.82, 2.24) is 4.90 Å². The minimum absolute atomic E-state index is 0.000667. The number of aliphatic hydroxyl groups is 2. The molecule has 6 saturated carbocycles. The maximum absolute atomic E-state index is 15.0. The average molecular weight is 830 g/mol. The lowest BCUT2D eigenvalue weighted by Crippen LogP contribution is -2.67. The normalized spacial score (nSPS) is 39.4. The second kappa shape index (κ2) is 13.9. The summed E-state index contributed by atoms with van der Waals surface area (Å²) in [6.45, 7) is 9.88. The molecule has 6 fully saturated rings. The molecule has 2 aromatic carbocycles. The zero-order chi connectivity index (χ0) is 42.8. The number of halogens is 3. The van der Waals surface area contributed by atoms with Crippen molar-refractivity contribution < 1.29 is 42.4 Å². The molecule has 11 unspecified atom stereocenters. The van der Waals surface area contributed by atoms with Crippen LogP contribution in [0.1, 0.15) is 113 Å². The van der Waals surface area contributed by atoms with Crippen LogP contribution < -0.4 is 9.47 Å². The number of carbonyl (C=O) groups is 2. The molecule has 9 aliphatic carbocycles. The van der Waals surface area contributed by atoms with Crippen LogP contribution in [0.15, 0.2) is 66.3 Å². The van der Waals surface area contributed by atoms with Crippen LogP contribution in [0.3, 0.4) is 0 Å². The molecule has 11 atom stereocenters. The van der Waals surface area contributed by atoms with E-state index in [4.69, 9.17) is 9.47 Å². The Morgan fingerprint density at radius 2 is 1.58 bits per heavy atom. The predicted molar refractivity (Wildman–Crippen MR) is 222 cm³/mol. The summed E-state index contributed by atoms with van der Waals surface area (Å²) >= 11 is 0. The van der Waals surface area contributed by atoms with Crippen molar-refractivity contribution in [1.29, 1.82) is 0 Å². The molecular formula is C50H62F3NO6. The summed E-state index contributed by atoms with van der Waals surface area (Å²) in [5, 5.41) is 24.5. The first kappa shape index (κ1) is 41.7. The first-order valence-electron chi connectivity index (χ1n) is 22.3. The van der Waals surface area contributed by atoms with Crippen molar-refractivity contribution in [3.05, 3.63) is 83.0 Å². The molecule has 0 radical (unpaired) electrons. The molecule has 2 aromatic rings. The van der Waals surface area contributed by atoms with Crippen molar-refractivity contribution in [2.75, 3.05) is 27.3 Å². The van der Waals surface area contributed by atoms with E-state index in [1.807, 2.05) is 29.2 Å². The van der Waals surface area contributed by atoms with Crippen LogP contribution in [0.2, 0.25) is 0 Å². The van der Waals surface area contributed by atoms with E-state index in [0.29, 0.717) is 79.9 Å². The second-order valence-electron chi connectivity index (χ2n) is 21.1. The molecule has 10 heteroatoms. The molecule has 324 valence electrons. The van der Waals surface area contributed by atoms with E-state index < -0.39 is 45.5 Å². The molecule has 0 heterocycles. The maximum Gasteiger partial charge on any atom is 0.416 e. The fourth-order valence-electron chi connectivity index (χ4n) is 14.9. The van der Waals surface area contributed by atoms with E-state index in [9.17, 15) is 28.2 Å². The first-order chi connectivity index (χ1) is 28.2. The van der Waals surface area contributed by atoms with E-state index in [2.05, 4.69) is 39.8 Å². The number of rotatable bonds is 10. The molecule has 60 heavy (non-hydrogen) atoms. The van der Waals surface area contributed by atoms with Gasteiger partial charge in [0.15, 0.2) is 17.3 Å². The van der Waals surface area contributed by atoms with Crippen molar-refractivity contribution in [3.63, 3.8) is 0 Å². The number of methoxy groups -OCH3 is 2. The number of ketones is 1. The highest BCUT2D eigenvalue weighted by molar-refractivity contribution is 6.10. The molecule has 7 nitrogen and oxygen atoms in total. The molecule has 9 aliphatic rings. The molecular weight excluding hydrogens is 768 g/mol. The predicted octanol–water partition coefficient (Wildman–Crippen LogP) is 9.64. The van der Waals surface area contributed by atoms with Crippen molar-refractivity contribution >= 4 is 11.7 Å². The Bertz CT molecular complexity index is 2140.